The van der Waals surface area contributed by atoms with Crippen molar-refractivity contribution in [1.29, 1.82) is 0 Å². The van der Waals surface area contributed by atoms with Crippen LogP contribution in [0.15, 0.2) is 79.0 Å². The fourth-order valence-electron chi connectivity index (χ4n) is 3.00. The van der Waals surface area contributed by atoms with E-state index in [1.807, 2.05) is 66.7 Å². The molecule has 2 atom stereocenters. The molecule has 0 aliphatic heterocycles. The molecule has 116 valence electrons. The SMILES string of the molecule is C[C@](O)(c1ccccc1Cl)[C@@H](c1ccccc1)c1ccccn1. The Kier molecular flexibility index (Phi) is 4.46. The third-order valence-corrected chi connectivity index (χ3v) is 4.43. The third-order valence-electron chi connectivity index (χ3n) is 4.10. The second-order valence-electron chi connectivity index (χ2n) is 5.73. The van der Waals surface area contributed by atoms with Gasteiger partial charge in [0.15, 0.2) is 0 Å². The highest BCUT2D eigenvalue weighted by Gasteiger charge is 2.38. The molecular formula is C20H18ClNO. The van der Waals surface area contributed by atoms with Crippen LogP contribution >= 0.6 is 11.6 Å². The molecule has 0 spiro atoms. The average Bonchev–Trinajstić information content (AvgIpc) is 2.57. The van der Waals surface area contributed by atoms with E-state index < -0.39 is 5.60 Å². The van der Waals surface area contributed by atoms with Crippen LogP contribution in [0.25, 0.3) is 0 Å². The summed E-state index contributed by atoms with van der Waals surface area (Å²) in [5, 5.41) is 12.0. The number of rotatable bonds is 4. The van der Waals surface area contributed by atoms with Crippen molar-refractivity contribution in [1.82, 2.24) is 4.98 Å². The topological polar surface area (TPSA) is 33.1 Å². The molecule has 0 aliphatic carbocycles. The Bertz CT molecular complexity index is 732. The Balaban J connectivity index is 2.18. The van der Waals surface area contributed by atoms with Crippen molar-refractivity contribution in [3.8, 4) is 0 Å². The minimum atomic E-state index is -1.19. The summed E-state index contributed by atoms with van der Waals surface area (Å²) >= 11 is 6.35. The Labute approximate surface area is 141 Å². The maximum atomic E-state index is 11.4. The Morgan fingerprint density at radius 2 is 1.57 bits per heavy atom. The molecule has 2 aromatic carbocycles. The quantitative estimate of drug-likeness (QED) is 0.750. The minimum Gasteiger partial charge on any atom is -0.384 e. The molecule has 23 heavy (non-hydrogen) atoms. The van der Waals surface area contributed by atoms with Crippen LogP contribution < -0.4 is 0 Å². The first kappa shape index (κ1) is 15.7. The lowest BCUT2D eigenvalue weighted by Gasteiger charge is -2.34. The van der Waals surface area contributed by atoms with Gasteiger partial charge in [-0.3, -0.25) is 4.98 Å². The predicted octanol–water partition coefficient (Wildman–Crippen LogP) is 4.77. The van der Waals surface area contributed by atoms with E-state index in [1.54, 1.807) is 19.2 Å². The summed E-state index contributed by atoms with van der Waals surface area (Å²) in [7, 11) is 0. The van der Waals surface area contributed by atoms with Crippen LogP contribution in [0.1, 0.15) is 29.7 Å². The van der Waals surface area contributed by atoms with Gasteiger partial charge in [0, 0.05) is 16.8 Å². The van der Waals surface area contributed by atoms with Crippen molar-refractivity contribution in [2.24, 2.45) is 0 Å². The molecule has 0 unspecified atom stereocenters. The number of benzene rings is 2. The Morgan fingerprint density at radius 3 is 2.22 bits per heavy atom. The lowest BCUT2D eigenvalue weighted by atomic mass is 9.76. The smallest absolute Gasteiger partial charge is 0.101 e. The van der Waals surface area contributed by atoms with Gasteiger partial charge in [-0.2, -0.15) is 0 Å². The zero-order valence-corrected chi connectivity index (χ0v) is 13.6. The highest BCUT2D eigenvalue weighted by Crippen LogP contribution is 2.42. The highest BCUT2D eigenvalue weighted by atomic mass is 35.5. The van der Waals surface area contributed by atoms with Crippen LogP contribution in [0.4, 0.5) is 0 Å². The van der Waals surface area contributed by atoms with Crippen LogP contribution in [0, 0.1) is 0 Å². The molecule has 0 radical (unpaired) electrons. The van der Waals surface area contributed by atoms with Crippen molar-refractivity contribution >= 4 is 11.6 Å². The minimum absolute atomic E-state index is 0.315. The van der Waals surface area contributed by atoms with Crippen molar-refractivity contribution < 1.29 is 5.11 Å². The van der Waals surface area contributed by atoms with Crippen LogP contribution in [0.3, 0.4) is 0 Å². The van der Waals surface area contributed by atoms with Gasteiger partial charge in [0.1, 0.15) is 5.60 Å². The van der Waals surface area contributed by atoms with Crippen LogP contribution in [-0.2, 0) is 5.60 Å². The predicted molar refractivity (Wildman–Crippen MR) is 93.5 cm³/mol. The van der Waals surface area contributed by atoms with Crippen molar-refractivity contribution in [2.75, 3.05) is 0 Å². The molecular weight excluding hydrogens is 306 g/mol. The van der Waals surface area contributed by atoms with Crippen molar-refractivity contribution in [3.05, 3.63) is 101 Å². The summed E-state index contributed by atoms with van der Waals surface area (Å²) in [5.74, 6) is -0.315. The van der Waals surface area contributed by atoms with Gasteiger partial charge in [-0.25, -0.2) is 0 Å². The lowest BCUT2D eigenvalue weighted by Crippen LogP contribution is -2.32. The molecule has 2 nitrogen and oxygen atoms in total. The van der Waals surface area contributed by atoms with E-state index in [4.69, 9.17) is 11.6 Å². The molecule has 0 fully saturated rings. The number of aromatic nitrogens is 1. The lowest BCUT2D eigenvalue weighted by molar-refractivity contribution is 0.0381. The molecule has 1 aromatic heterocycles. The fourth-order valence-corrected chi connectivity index (χ4v) is 3.33. The number of hydrogen-bond donors (Lipinski definition) is 1. The van der Waals surface area contributed by atoms with E-state index in [0.717, 1.165) is 11.3 Å². The molecule has 1 heterocycles. The second-order valence-corrected chi connectivity index (χ2v) is 6.13. The maximum Gasteiger partial charge on any atom is 0.101 e. The number of hydrogen-bond acceptors (Lipinski definition) is 2. The largest absolute Gasteiger partial charge is 0.384 e. The molecule has 1 N–H and O–H groups in total. The van der Waals surface area contributed by atoms with Gasteiger partial charge in [-0.05, 0) is 30.7 Å². The normalized spacial score (nSPS) is 14.9. The molecule has 0 saturated heterocycles. The van der Waals surface area contributed by atoms with Gasteiger partial charge >= 0.3 is 0 Å². The number of halogens is 1. The standard InChI is InChI=1S/C20H18ClNO/c1-20(23,16-11-5-6-12-17(16)21)19(15-9-3-2-4-10-15)18-13-7-8-14-22-18/h2-14,19,23H,1H3/t19-,20-/m0/s1. The average molecular weight is 324 g/mol. The first-order valence-corrected chi connectivity index (χ1v) is 7.92. The zero-order valence-electron chi connectivity index (χ0n) is 12.9. The molecule has 3 heteroatoms. The molecule has 0 aliphatic rings. The van der Waals surface area contributed by atoms with E-state index in [-0.39, 0.29) is 5.92 Å². The molecule has 3 aromatic rings. The summed E-state index contributed by atoms with van der Waals surface area (Å²) < 4.78 is 0. The van der Waals surface area contributed by atoms with Gasteiger partial charge in [0.25, 0.3) is 0 Å². The van der Waals surface area contributed by atoms with Gasteiger partial charge in [-0.15, -0.1) is 0 Å². The summed E-state index contributed by atoms with van der Waals surface area (Å²) in [6, 6.07) is 23.0. The first-order chi connectivity index (χ1) is 11.1. The van der Waals surface area contributed by atoms with Gasteiger partial charge in [0.05, 0.1) is 11.6 Å². The summed E-state index contributed by atoms with van der Waals surface area (Å²) in [6.07, 6.45) is 1.74. The second kappa shape index (κ2) is 6.53. The van der Waals surface area contributed by atoms with Gasteiger partial charge < -0.3 is 5.11 Å². The van der Waals surface area contributed by atoms with Crippen LogP contribution in [-0.4, -0.2) is 10.1 Å². The summed E-state index contributed by atoms with van der Waals surface area (Å²) in [6.45, 7) is 1.79. The summed E-state index contributed by atoms with van der Waals surface area (Å²) in [5.41, 5.74) is 1.31. The number of nitrogens with zero attached hydrogens (tertiary/aromatic N) is 1. The maximum absolute atomic E-state index is 11.4. The Hall–Kier alpha value is -2.16. The number of aliphatic hydroxyl groups is 1. The molecule has 0 saturated carbocycles. The van der Waals surface area contributed by atoms with Crippen LogP contribution in [0.2, 0.25) is 5.02 Å². The molecule has 0 bridgehead atoms. The first-order valence-electron chi connectivity index (χ1n) is 7.54. The molecule has 0 amide bonds. The fraction of sp³-hybridized carbons (Fsp3) is 0.150. The van der Waals surface area contributed by atoms with E-state index in [1.165, 1.54) is 0 Å². The monoisotopic (exact) mass is 323 g/mol. The van der Waals surface area contributed by atoms with Crippen LogP contribution in [0.5, 0.6) is 0 Å². The van der Waals surface area contributed by atoms with E-state index in [9.17, 15) is 5.11 Å². The van der Waals surface area contributed by atoms with E-state index in [2.05, 4.69) is 4.98 Å². The van der Waals surface area contributed by atoms with Gasteiger partial charge in [-0.1, -0.05) is 66.2 Å². The van der Waals surface area contributed by atoms with Gasteiger partial charge in [0.2, 0.25) is 0 Å². The zero-order chi connectivity index (χ0) is 16.3. The van der Waals surface area contributed by atoms with Crippen molar-refractivity contribution in [2.45, 2.75) is 18.4 Å². The van der Waals surface area contributed by atoms with E-state index in [0.29, 0.717) is 10.6 Å². The third kappa shape index (κ3) is 3.14. The van der Waals surface area contributed by atoms with E-state index >= 15 is 0 Å². The Morgan fingerprint density at radius 1 is 0.913 bits per heavy atom. The molecule has 3 rings (SSSR count). The number of pyridine rings is 1. The summed E-state index contributed by atoms with van der Waals surface area (Å²) in [4.78, 5) is 4.47. The highest BCUT2D eigenvalue weighted by molar-refractivity contribution is 6.31. The van der Waals surface area contributed by atoms with Crippen molar-refractivity contribution in [3.63, 3.8) is 0 Å².